The quantitative estimate of drug-likeness (QED) is 0.868. The summed E-state index contributed by atoms with van der Waals surface area (Å²) in [5.41, 5.74) is 1.52. The lowest BCUT2D eigenvalue weighted by Gasteiger charge is -2.16. The van der Waals surface area contributed by atoms with Gasteiger partial charge in [0.05, 0.1) is 19.6 Å². The molecule has 0 heterocycles. The highest BCUT2D eigenvalue weighted by molar-refractivity contribution is 6.30. The predicted molar refractivity (Wildman–Crippen MR) is 93.8 cm³/mol. The van der Waals surface area contributed by atoms with Crippen LogP contribution >= 0.6 is 11.6 Å². The lowest BCUT2D eigenvalue weighted by molar-refractivity contribution is -0.123. The second kappa shape index (κ2) is 6.73. The molecule has 1 aliphatic carbocycles. The number of nitrogens with one attached hydrogen (secondary N) is 1. The number of carbonyl (C=O) groups excluding carboxylic acids is 1. The van der Waals surface area contributed by atoms with Gasteiger partial charge in [-0.2, -0.15) is 0 Å². The first-order valence-electron chi connectivity index (χ1n) is 7.84. The zero-order valence-corrected chi connectivity index (χ0v) is 14.5. The molecule has 0 atom stereocenters. The molecule has 2 aromatic rings. The summed E-state index contributed by atoms with van der Waals surface area (Å²) in [7, 11) is 3.19. The van der Waals surface area contributed by atoms with Gasteiger partial charge in [0.15, 0.2) is 11.5 Å². The van der Waals surface area contributed by atoms with Crippen LogP contribution in [0.2, 0.25) is 5.02 Å². The Morgan fingerprint density at radius 2 is 1.88 bits per heavy atom. The Morgan fingerprint density at radius 3 is 2.50 bits per heavy atom. The molecule has 0 aromatic heterocycles. The Balaban J connectivity index is 1.70. The van der Waals surface area contributed by atoms with E-state index in [1.165, 1.54) is 0 Å². The molecule has 0 bridgehead atoms. The predicted octanol–water partition coefficient (Wildman–Crippen LogP) is 3.71. The van der Waals surface area contributed by atoms with Crippen LogP contribution in [0.15, 0.2) is 42.5 Å². The van der Waals surface area contributed by atoms with Gasteiger partial charge in [-0.1, -0.05) is 29.8 Å². The van der Waals surface area contributed by atoms with E-state index >= 15 is 0 Å². The van der Waals surface area contributed by atoms with Crippen LogP contribution in [0.4, 0.5) is 0 Å². The number of ether oxygens (including phenoxy) is 2. The Kier molecular flexibility index (Phi) is 4.67. The third kappa shape index (κ3) is 3.20. The molecule has 1 amide bonds. The maximum Gasteiger partial charge on any atom is 0.230 e. The van der Waals surface area contributed by atoms with Crippen molar-refractivity contribution in [1.29, 1.82) is 0 Å². The molecule has 24 heavy (non-hydrogen) atoms. The molecule has 2 aromatic carbocycles. The fourth-order valence-electron chi connectivity index (χ4n) is 2.90. The minimum atomic E-state index is -0.429. The van der Waals surface area contributed by atoms with Crippen molar-refractivity contribution in [2.75, 3.05) is 14.2 Å². The van der Waals surface area contributed by atoms with E-state index in [1.54, 1.807) is 14.2 Å². The van der Waals surface area contributed by atoms with Gasteiger partial charge < -0.3 is 14.8 Å². The van der Waals surface area contributed by atoms with E-state index in [0.717, 1.165) is 24.0 Å². The van der Waals surface area contributed by atoms with Gasteiger partial charge in [0, 0.05) is 11.6 Å². The van der Waals surface area contributed by atoms with Gasteiger partial charge in [0.1, 0.15) is 0 Å². The minimum Gasteiger partial charge on any atom is -0.493 e. The second-order valence-electron chi connectivity index (χ2n) is 5.96. The maximum absolute atomic E-state index is 12.7. The number of rotatable bonds is 6. The Labute approximate surface area is 146 Å². The molecular formula is C19H20ClNO3. The maximum atomic E-state index is 12.7. The van der Waals surface area contributed by atoms with Crippen LogP contribution in [0.25, 0.3) is 0 Å². The van der Waals surface area contributed by atoms with Crippen LogP contribution in [0.5, 0.6) is 11.5 Å². The third-order valence-corrected chi connectivity index (χ3v) is 4.70. The molecule has 1 fully saturated rings. The number of hydrogen-bond acceptors (Lipinski definition) is 3. The zero-order valence-electron chi connectivity index (χ0n) is 13.8. The van der Waals surface area contributed by atoms with Crippen molar-refractivity contribution >= 4 is 17.5 Å². The van der Waals surface area contributed by atoms with Gasteiger partial charge in [-0.05, 0) is 48.2 Å². The van der Waals surface area contributed by atoms with E-state index in [-0.39, 0.29) is 5.91 Å². The van der Waals surface area contributed by atoms with E-state index in [9.17, 15) is 4.79 Å². The van der Waals surface area contributed by atoms with Gasteiger partial charge in [0.2, 0.25) is 5.91 Å². The van der Waals surface area contributed by atoms with Crippen LogP contribution < -0.4 is 14.8 Å². The standard InChI is InChI=1S/C19H20ClNO3/c1-23-16-7-6-13(10-17(16)24-2)12-21-18(22)19(8-9-19)14-4-3-5-15(20)11-14/h3-7,10-11H,8-9,12H2,1-2H3,(H,21,22). The van der Waals surface area contributed by atoms with Crippen LogP contribution in [-0.2, 0) is 16.8 Å². The summed E-state index contributed by atoms with van der Waals surface area (Å²) >= 11 is 6.06. The van der Waals surface area contributed by atoms with E-state index in [4.69, 9.17) is 21.1 Å². The smallest absolute Gasteiger partial charge is 0.230 e. The van der Waals surface area contributed by atoms with Gasteiger partial charge in [-0.25, -0.2) is 0 Å². The zero-order chi connectivity index (χ0) is 17.2. The van der Waals surface area contributed by atoms with E-state index in [0.29, 0.717) is 23.1 Å². The topological polar surface area (TPSA) is 47.6 Å². The second-order valence-corrected chi connectivity index (χ2v) is 6.40. The van der Waals surface area contributed by atoms with E-state index in [2.05, 4.69) is 5.32 Å². The summed E-state index contributed by atoms with van der Waals surface area (Å²) in [4.78, 5) is 12.7. The summed E-state index contributed by atoms with van der Waals surface area (Å²) in [5, 5.41) is 3.69. The number of methoxy groups -OCH3 is 2. The monoisotopic (exact) mass is 345 g/mol. The first kappa shape index (κ1) is 16.7. The lowest BCUT2D eigenvalue weighted by atomic mass is 9.95. The number of hydrogen-bond donors (Lipinski definition) is 1. The molecular weight excluding hydrogens is 326 g/mol. The first-order chi connectivity index (χ1) is 11.6. The van der Waals surface area contributed by atoms with Crippen molar-refractivity contribution in [2.45, 2.75) is 24.8 Å². The number of halogens is 1. The van der Waals surface area contributed by atoms with E-state index < -0.39 is 5.41 Å². The molecule has 1 aliphatic rings. The summed E-state index contributed by atoms with van der Waals surface area (Å²) in [5.74, 6) is 1.37. The van der Waals surface area contributed by atoms with Crippen LogP contribution in [-0.4, -0.2) is 20.1 Å². The normalized spacial score (nSPS) is 14.8. The largest absolute Gasteiger partial charge is 0.493 e. The van der Waals surface area contributed by atoms with E-state index in [1.807, 2.05) is 42.5 Å². The van der Waals surface area contributed by atoms with Crippen LogP contribution in [0, 0.1) is 0 Å². The van der Waals surface area contributed by atoms with Gasteiger partial charge >= 0.3 is 0 Å². The minimum absolute atomic E-state index is 0.0413. The van der Waals surface area contributed by atoms with Gasteiger partial charge in [0.25, 0.3) is 0 Å². The van der Waals surface area contributed by atoms with Crippen LogP contribution in [0.1, 0.15) is 24.0 Å². The molecule has 0 unspecified atom stereocenters. The molecule has 3 rings (SSSR count). The van der Waals surface area contributed by atoms with Crippen LogP contribution in [0.3, 0.4) is 0 Å². The average molecular weight is 346 g/mol. The lowest BCUT2D eigenvalue weighted by Crippen LogP contribution is -2.34. The number of amides is 1. The molecule has 126 valence electrons. The summed E-state index contributed by atoms with van der Waals surface area (Å²) in [6.07, 6.45) is 1.70. The summed E-state index contributed by atoms with van der Waals surface area (Å²) < 4.78 is 10.5. The molecule has 0 spiro atoms. The molecule has 0 aliphatic heterocycles. The average Bonchev–Trinajstić information content (AvgIpc) is 3.41. The van der Waals surface area contributed by atoms with Crippen molar-refractivity contribution in [2.24, 2.45) is 0 Å². The number of benzene rings is 2. The fraction of sp³-hybridized carbons (Fsp3) is 0.316. The van der Waals surface area contributed by atoms with Gasteiger partial charge in [-0.3, -0.25) is 4.79 Å². The van der Waals surface area contributed by atoms with Crippen molar-refractivity contribution in [3.8, 4) is 11.5 Å². The van der Waals surface area contributed by atoms with Crippen molar-refractivity contribution in [3.05, 3.63) is 58.6 Å². The third-order valence-electron chi connectivity index (χ3n) is 4.46. The highest BCUT2D eigenvalue weighted by Crippen LogP contribution is 2.48. The molecule has 0 saturated heterocycles. The number of carbonyl (C=O) groups is 1. The van der Waals surface area contributed by atoms with Crippen molar-refractivity contribution < 1.29 is 14.3 Å². The highest BCUT2D eigenvalue weighted by Gasteiger charge is 2.51. The molecule has 0 radical (unpaired) electrons. The summed E-state index contributed by atoms with van der Waals surface area (Å²) in [6, 6.07) is 13.2. The molecule has 1 N–H and O–H groups in total. The first-order valence-corrected chi connectivity index (χ1v) is 8.22. The molecule has 5 heteroatoms. The Hall–Kier alpha value is -2.20. The molecule has 4 nitrogen and oxygen atoms in total. The molecule has 1 saturated carbocycles. The Bertz CT molecular complexity index is 756. The fourth-order valence-corrected chi connectivity index (χ4v) is 3.09. The van der Waals surface area contributed by atoms with Crippen molar-refractivity contribution in [3.63, 3.8) is 0 Å². The van der Waals surface area contributed by atoms with Crippen molar-refractivity contribution in [1.82, 2.24) is 5.32 Å². The van der Waals surface area contributed by atoms with Gasteiger partial charge in [-0.15, -0.1) is 0 Å². The SMILES string of the molecule is COc1ccc(CNC(=O)C2(c3cccc(Cl)c3)CC2)cc1OC. The highest BCUT2D eigenvalue weighted by atomic mass is 35.5. The Morgan fingerprint density at radius 1 is 1.12 bits per heavy atom. The summed E-state index contributed by atoms with van der Waals surface area (Å²) in [6.45, 7) is 0.446.